The largest absolute Gasteiger partial charge is 0.444 e. The number of alkyl halides is 6. The van der Waals surface area contributed by atoms with Gasteiger partial charge in [0.2, 0.25) is 0 Å². The number of benzene rings is 1. The van der Waals surface area contributed by atoms with Crippen LogP contribution < -0.4 is 10.6 Å². The highest BCUT2D eigenvalue weighted by Crippen LogP contribution is 2.36. The SMILES string of the molecule is CC(C)(C)OC(=O)NCCCNCc1cc(C(F)(F)F)cc(C(F)(F)F)c1. The minimum atomic E-state index is -4.87. The van der Waals surface area contributed by atoms with E-state index in [-0.39, 0.29) is 31.3 Å². The first kappa shape index (κ1) is 23.1. The highest BCUT2D eigenvalue weighted by molar-refractivity contribution is 5.67. The van der Waals surface area contributed by atoms with Crippen molar-refractivity contribution in [3.63, 3.8) is 0 Å². The molecular formula is C17H22F6N2O2. The number of alkyl carbamates (subject to hydrolysis) is 1. The van der Waals surface area contributed by atoms with Gasteiger partial charge in [0.15, 0.2) is 0 Å². The second-order valence-corrected chi connectivity index (χ2v) is 6.87. The Morgan fingerprint density at radius 1 is 0.926 bits per heavy atom. The smallest absolute Gasteiger partial charge is 0.416 e. The molecule has 0 aliphatic carbocycles. The lowest BCUT2D eigenvalue weighted by Crippen LogP contribution is -2.33. The normalized spacial score (nSPS) is 12.8. The van der Waals surface area contributed by atoms with E-state index >= 15 is 0 Å². The summed E-state index contributed by atoms with van der Waals surface area (Å²) in [5.74, 6) is 0. The molecule has 1 amide bonds. The Labute approximate surface area is 153 Å². The molecule has 1 aromatic rings. The first-order valence-electron chi connectivity index (χ1n) is 8.14. The number of nitrogens with one attached hydrogen (secondary N) is 2. The van der Waals surface area contributed by atoms with Crippen LogP contribution in [0.4, 0.5) is 31.1 Å². The van der Waals surface area contributed by atoms with Gasteiger partial charge in [-0.15, -0.1) is 0 Å². The third kappa shape index (κ3) is 8.98. The zero-order chi connectivity index (χ0) is 20.9. The number of carbonyl (C=O) groups is 1. The first-order valence-corrected chi connectivity index (χ1v) is 8.14. The zero-order valence-corrected chi connectivity index (χ0v) is 15.1. The zero-order valence-electron chi connectivity index (χ0n) is 15.1. The number of ether oxygens (including phenoxy) is 1. The lowest BCUT2D eigenvalue weighted by Gasteiger charge is -2.19. The lowest BCUT2D eigenvalue weighted by molar-refractivity contribution is -0.143. The molecule has 27 heavy (non-hydrogen) atoms. The molecule has 0 bridgehead atoms. The second kappa shape index (κ2) is 8.81. The number of rotatable bonds is 6. The third-order valence-electron chi connectivity index (χ3n) is 3.18. The van der Waals surface area contributed by atoms with Crippen LogP contribution in [0.15, 0.2) is 18.2 Å². The van der Waals surface area contributed by atoms with E-state index in [9.17, 15) is 31.1 Å². The summed E-state index contributed by atoms with van der Waals surface area (Å²) in [6, 6.07) is 1.45. The molecule has 0 atom stereocenters. The summed E-state index contributed by atoms with van der Waals surface area (Å²) in [5.41, 5.74) is -3.46. The number of amides is 1. The maximum Gasteiger partial charge on any atom is 0.416 e. The first-order chi connectivity index (χ1) is 12.2. The van der Waals surface area contributed by atoms with Crippen molar-refractivity contribution in [2.24, 2.45) is 0 Å². The molecule has 1 aromatic carbocycles. The van der Waals surface area contributed by atoms with Crippen LogP contribution in [0.1, 0.15) is 43.9 Å². The standard InChI is InChI=1S/C17H22F6N2O2/c1-15(2,3)27-14(26)25-6-4-5-24-10-11-7-12(16(18,19)20)9-13(8-11)17(21,22)23/h7-9,24H,4-6,10H2,1-3H3,(H,25,26). The highest BCUT2D eigenvalue weighted by Gasteiger charge is 2.36. The molecule has 0 fully saturated rings. The summed E-state index contributed by atoms with van der Waals surface area (Å²) < 4.78 is 81.7. The third-order valence-corrected chi connectivity index (χ3v) is 3.18. The van der Waals surface area contributed by atoms with E-state index in [2.05, 4.69) is 10.6 Å². The van der Waals surface area contributed by atoms with E-state index < -0.39 is 35.2 Å². The number of hydrogen-bond acceptors (Lipinski definition) is 3. The molecule has 0 aliphatic heterocycles. The van der Waals surface area contributed by atoms with Gasteiger partial charge in [-0.1, -0.05) is 0 Å². The Bertz CT molecular complexity index is 604. The summed E-state index contributed by atoms with van der Waals surface area (Å²) in [6.45, 7) is 5.49. The van der Waals surface area contributed by atoms with Crippen LogP contribution in [0.5, 0.6) is 0 Å². The maximum absolute atomic E-state index is 12.8. The van der Waals surface area contributed by atoms with Crippen LogP contribution in [0.2, 0.25) is 0 Å². The average Bonchev–Trinajstić information content (AvgIpc) is 2.47. The van der Waals surface area contributed by atoms with E-state index in [0.29, 0.717) is 18.6 Å². The Hall–Kier alpha value is -1.97. The molecule has 0 heterocycles. The topological polar surface area (TPSA) is 50.4 Å². The van der Waals surface area contributed by atoms with Crippen molar-refractivity contribution in [3.8, 4) is 0 Å². The summed E-state index contributed by atoms with van der Waals surface area (Å²) in [5, 5.41) is 5.25. The van der Waals surface area contributed by atoms with E-state index in [0.717, 1.165) is 0 Å². The van der Waals surface area contributed by atoms with E-state index in [1.54, 1.807) is 20.8 Å². The Morgan fingerprint density at radius 2 is 1.44 bits per heavy atom. The van der Waals surface area contributed by atoms with Crippen molar-refractivity contribution in [2.45, 2.75) is 51.7 Å². The molecule has 0 saturated heterocycles. The monoisotopic (exact) mass is 400 g/mol. The van der Waals surface area contributed by atoms with Gasteiger partial charge in [-0.3, -0.25) is 0 Å². The van der Waals surface area contributed by atoms with Gasteiger partial charge in [0.05, 0.1) is 11.1 Å². The number of hydrogen-bond donors (Lipinski definition) is 2. The van der Waals surface area contributed by atoms with Crippen LogP contribution in [0.3, 0.4) is 0 Å². The summed E-state index contributed by atoms with van der Waals surface area (Å²) >= 11 is 0. The van der Waals surface area contributed by atoms with Crippen molar-refractivity contribution in [3.05, 3.63) is 34.9 Å². The van der Waals surface area contributed by atoms with Gasteiger partial charge in [-0.05, 0) is 57.5 Å². The summed E-state index contributed by atoms with van der Waals surface area (Å²) in [7, 11) is 0. The van der Waals surface area contributed by atoms with Crippen LogP contribution in [-0.2, 0) is 23.6 Å². The fourth-order valence-electron chi connectivity index (χ4n) is 2.07. The molecule has 0 unspecified atom stereocenters. The number of halogens is 6. The Morgan fingerprint density at radius 3 is 1.89 bits per heavy atom. The Balaban J connectivity index is 2.54. The van der Waals surface area contributed by atoms with Crippen molar-refractivity contribution < 1.29 is 35.9 Å². The van der Waals surface area contributed by atoms with Crippen molar-refractivity contribution in [1.29, 1.82) is 0 Å². The fraction of sp³-hybridized carbons (Fsp3) is 0.588. The lowest BCUT2D eigenvalue weighted by atomic mass is 10.0. The van der Waals surface area contributed by atoms with Crippen molar-refractivity contribution in [1.82, 2.24) is 10.6 Å². The summed E-state index contributed by atoms with van der Waals surface area (Å²) in [4.78, 5) is 11.4. The van der Waals surface area contributed by atoms with Crippen molar-refractivity contribution in [2.75, 3.05) is 13.1 Å². The van der Waals surface area contributed by atoms with Crippen LogP contribution in [-0.4, -0.2) is 24.8 Å². The second-order valence-electron chi connectivity index (χ2n) is 6.87. The van der Waals surface area contributed by atoms with Gasteiger partial charge in [-0.25, -0.2) is 4.79 Å². The molecule has 0 radical (unpaired) electrons. The fourth-order valence-corrected chi connectivity index (χ4v) is 2.07. The summed E-state index contributed by atoms with van der Waals surface area (Å²) in [6.07, 6.45) is -9.92. The molecule has 0 spiro atoms. The predicted octanol–water partition coefficient (Wildman–Crippen LogP) is 4.73. The van der Waals surface area contributed by atoms with Crippen molar-refractivity contribution >= 4 is 6.09 Å². The van der Waals surface area contributed by atoms with Gasteiger partial charge in [-0.2, -0.15) is 26.3 Å². The van der Waals surface area contributed by atoms with Crippen LogP contribution in [0, 0.1) is 0 Å². The van der Waals surface area contributed by atoms with Gasteiger partial charge < -0.3 is 15.4 Å². The molecule has 4 nitrogen and oxygen atoms in total. The minimum Gasteiger partial charge on any atom is -0.444 e. The van der Waals surface area contributed by atoms with E-state index in [4.69, 9.17) is 4.74 Å². The molecule has 0 aliphatic rings. The Kier molecular flexibility index (Phi) is 7.53. The molecule has 10 heteroatoms. The van der Waals surface area contributed by atoms with Crippen LogP contribution >= 0.6 is 0 Å². The average molecular weight is 400 g/mol. The number of carbonyl (C=O) groups excluding carboxylic acids is 1. The molecule has 0 aromatic heterocycles. The predicted molar refractivity (Wildman–Crippen MR) is 87.0 cm³/mol. The molecular weight excluding hydrogens is 378 g/mol. The highest BCUT2D eigenvalue weighted by atomic mass is 19.4. The molecule has 154 valence electrons. The van der Waals surface area contributed by atoms with Gasteiger partial charge in [0.25, 0.3) is 0 Å². The molecule has 1 rings (SSSR count). The van der Waals surface area contributed by atoms with Crippen LogP contribution in [0.25, 0.3) is 0 Å². The van der Waals surface area contributed by atoms with Gasteiger partial charge in [0, 0.05) is 13.1 Å². The van der Waals surface area contributed by atoms with E-state index in [1.165, 1.54) is 0 Å². The van der Waals surface area contributed by atoms with Gasteiger partial charge >= 0.3 is 18.4 Å². The quantitative estimate of drug-likeness (QED) is 0.536. The van der Waals surface area contributed by atoms with Gasteiger partial charge in [0.1, 0.15) is 5.60 Å². The molecule has 0 saturated carbocycles. The minimum absolute atomic E-state index is 0.0915. The molecule has 2 N–H and O–H groups in total. The maximum atomic E-state index is 12.8. The van der Waals surface area contributed by atoms with E-state index in [1.807, 2.05) is 0 Å².